The van der Waals surface area contributed by atoms with Crippen molar-refractivity contribution in [2.75, 3.05) is 13.2 Å². The van der Waals surface area contributed by atoms with E-state index in [1.165, 1.54) is 0 Å². The lowest BCUT2D eigenvalue weighted by Crippen LogP contribution is -2.22. The molecule has 1 unspecified atom stereocenters. The van der Waals surface area contributed by atoms with Crippen LogP contribution in [0.3, 0.4) is 0 Å². The number of amides is 1. The topological polar surface area (TPSA) is 47.6 Å². The van der Waals surface area contributed by atoms with Gasteiger partial charge in [0.25, 0.3) is 0 Å². The molecule has 17 heavy (non-hydrogen) atoms. The lowest BCUT2D eigenvalue weighted by Gasteiger charge is -2.12. The van der Waals surface area contributed by atoms with Gasteiger partial charge in [-0.1, -0.05) is 23.2 Å². The highest BCUT2D eigenvalue weighted by molar-refractivity contribution is 6.34. The highest BCUT2D eigenvalue weighted by Crippen LogP contribution is 2.31. The minimum absolute atomic E-state index is 0.248. The molecule has 1 saturated heterocycles. The van der Waals surface area contributed by atoms with Crippen LogP contribution in [0.1, 0.15) is 5.56 Å². The predicted octanol–water partition coefficient (Wildman–Crippen LogP) is 2.79. The number of carbonyl (C=O) groups excluding carboxylic acids is 1. The van der Waals surface area contributed by atoms with Crippen LogP contribution in [0.5, 0.6) is 5.75 Å². The van der Waals surface area contributed by atoms with Gasteiger partial charge in [-0.3, -0.25) is 0 Å². The summed E-state index contributed by atoms with van der Waals surface area (Å²) in [5, 5.41) is 3.62. The molecule has 1 aliphatic rings. The Bertz CT molecular complexity index is 451. The fraction of sp³-hybridized carbons (Fsp3) is 0.364. The molecule has 0 aromatic heterocycles. The normalized spacial score (nSPS) is 18.8. The van der Waals surface area contributed by atoms with Gasteiger partial charge in [0.05, 0.1) is 11.6 Å². The van der Waals surface area contributed by atoms with Crippen molar-refractivity contribution in [2.24, 2.45) is 0 Å². The summed E-state index contributed by atoms with van der Waals surface area (Å²) < 4.78 is 10.4. The first kappa shape index (κ1) is 12.3. The maximum Gasteiger partial charge on any atom is 0.407 e. The quantitative estimate of drug-likeness (QED) is 0.923. The van der Waals surface area contributed by atoms with Crippen molar-refractivity contribution in [2.45, 2.75) is 13.0 Å². The van der Waals surface area contributed by atoms with Crippen LogP contribution in [-0.2, 0) is 4.74 Å². The number of cyclic esters (lactones) is 1. The summed E-state index contributed by atoms with van der Waals surface area (Å²) in [5.41, 5.74) is 0.843. The Morgan fingerprint density at radius 2 is 2.29 bits per heavy atom. The number of aryl methyl sites for hydroxylation is 1. The number of carbonyl (C=O) groups is 1. The van der Waals surface area contributed by atoms with E-state index in [2.05, 4.69) is 5.32 Å². The minimum Gasteiger partial charge on any atom is -0.488 e. The number of nitrogens with one attached hydrogen (secondary N) is 1. The second kappa shape index (κ2) is 5.02. The maximum absolute atomic E-state index is 10.8. The lowest BCUT2D eigenvalue weighted by molar-refractivity contribution is 0.105. The van der Waals surface area contributed by atoms with Gasteiger partial charge < -0.3 is 14.8 Å². The zero-order valence-corrected chi connectivity index (χ0v) is 10.6. The van der Waals surface area contributed by atoms with Gasteiger partial charge >= 0.3 is 6.09 Å². The predicted molar refractivity (Wildman–Crippen MR) is 65.0 cm³/mol. The Morgan fingerprint density at radius 3 is 2.94 bits per heavy atom. The molecule has 1 N–H and O–H groups in total. The lowest BCUT2D eigenvalue weighted by atomic mass is 10.2. The van der Waals surface area contributed by atoms with Crippen molar-refractivity contribution in [3.63, 3.8) is 0 Å². The third kappa shape index (κ3) is 2.96. The van der Waals surface area contributed by atoms with Gasteiger partial charge in [0, 0.05) is 11.1 Å². The van der Waals surface area contributed by atoms with Gasteiger partial charge in [-0.15, -0.1) is 0 Å². The van der Waals surface area contributed by atoms with Crippen molar-refractivity contribution < 1.29 is 14.3 Å². The van der Waals surface area contributed by atoms with Gasteiger partial charge in [-0.05, 0) is 18.6 Å². The van der Waals surface area contributed by atoms with Crippen LogP contribution in [0.4, 0.5) is 4.79 Å². The van der Waals surface area contributed by atoms with Crippen molar-refractivity contribution in [3.05, 3.63) is 27.7 Å². The number of ether oxygens (including phenoxy) is 2. The monoisotopic (exact) mass is 275 g/mol. The summed E-state index contributed by atoms with van der Waals surface area (Å²) in [5.74, 6) is 0.500. The van der Waals surface area contributed by atoms with Gasteiger partial charge in [-0.2, -0.15) is 0 Å². The van der Waals surface area contributed by atoms with E-state index >= 15 is 0 Å². The Labute approximate surface area is 109 Å². The second-order valence-corrected chi connectivity index (χ2v) is 4.57. The summed E-state index contributed by atoms with van der Waals surface area (Å²) in [6, 6.07) is 3.40. The summed E-state index contributed by atoms with van der Waals surface area (Å²) in [7, 11) is 0. The van der Waals surface area contributed by atoms with E-state index in [0.29, 0.717) is 22.3 Å². The molecule has 0 bridgehead atoms. The Morgan fingerprint density at radius 1 is 1.53 bits per heavy atom. The molecule has 0 aliphatic carbocycles. The van der Waals surface area contributed by atoms with Gasteiger partial charge in [0.1, 0.15) is 12.4 Å². The number of halogens is 2. The number of hydrogen-bond acceptors (Lipinski definition) is 3. The molecular weight excluding hydrogens is 265 g/mol. The van der Waals surface area contributed by atoms with E-state index in [0.717, 1.165) is 5.56 Å². The van der Waals surface area contributed by atoms with Crippen molar-refractivity contribution in [1.82, 2.24) is 5.32 Å². The number of rotatable bonds is 3. The average Bonchev–Trinajstić information content (AvgIpc) is 2.67. The van der Waals surface area contributed by atoms with Crippen LogP contribution in [0.2, 0.25) is 10.0 Å². The zero-order chi connectivity index (χ0) is 12.4. The maximum atomic E-state index is 10.8. The summed E-state index contributed by atoms with van der Waals surface area (Å²) in [6.45, 7) is 2.53. The molecule has 1 fully saturated rings. The molecule has 4 nitrogen and oxygen atoms in total. The van der Waals surface area contributed by atoms with E-state index < -0.39 is 6.09 Å². The van der Waals surface area contributed by atoms with E-state index in [9.17, 15) is 4.79 Å². The number of hydrogen-bond donors (Lipinski definition) is 1. The molecule has 1 aliphatic heterocycles. The van der Waals surface area contributed by atoms with Gasteiger partial charge in [0.15, 0.2) is 6.10 Å². The third-order valence-corrected chi connectivity index (χ3v) is 3.06. The minimum atomic E-state index is -0.424. The molecule has 1 aromatic carbocycles. The standard InChI is InChI=1S/C11H11Cl2NO3/c1-6-2-7(12)3-9(10(6)13)16-5-8-4-14-11(15)17-8/h2-3,8H,4-5H2,1H3,(H,14,15). The fourth-order valence-corrected chi connectivity index (χ4v) is 1.93. The molecule has 0 radical (unpaired) electrons. The molecule has 1 aromatic rings. The zero-order valence-electron chi connectivity index (χ0n) is 9.13. The van der Waals surface area contributed by atoms with Crippen LogP contribution >= 0.6 is 23.2 Å². The van der Waals surface area contributed by atoms with Crippen LogP contribution in [0.15, 0.2) is 12.1 Å². The first-order valence-electron chi connectivity index (χ1n) is 5.09. The summed E-state index contributed by atoms with van der Waals surface area (Å²) >= 11 is 12.0. The molecular formula is C11H11Cl2NO3. The largest absolute Gasteiger partial charge is 0.488 e. The van der Waals surface area contributed by atoms with E-state index in [1.54, 1.807) is 12.1 Å². The van der Waals surface area contributed by atoms with E-state index in [4.69, 9.17) is 32.7 Å². The van der Waals surface area contributed by atoms with Crippen LogP contribution < -0.4 is 10.1 Å². The van der Waals surface area contributed by atoms with Gasteiger partial charge in [-0.25, -0.2) is 4.79 Å². The average molecular weight is 276 g/mol. The molecule has 1 amide bonds. The second-order valence-electron chi connectivity index (χ2n) is 3.75. The molecule has 2 rings (SSSR count). The Hall–Kier alpha value is -1.13. The fourth-order valence-electron chi connectivity index (χ4n) is 1.51. The molecule has 0 saturated carbocycles. The first-order chi connectivity index (χ1) is 8.06. The molecule has 92 valence electrons. The van der Waals surface area contributed by atoms with Crippen LogP contribution in [0, 0.1) is 6.92 Å². The van der Waals surface area contributed by atoms with Crippen molar-refractivity contribution >= 4 is 29.3 Å². The molecule has 0 spiro atoms. The number of benzene rings is 1. The van der Waals surface area contributed by atoms with Gasteiger partial charge in [0.2, 0.25) is 0 Å². The number of alkyl carbamates (subject to hydrolysis) is 1. The Balaban J connectivity index is 2.01. The summed E-state index contributed by atoms with van der Waals surface area (Å²) in [6.07, 6.45) is -0.718. The summed E-state index contributed by atoms with van der Waals surface area (Å²) in [4.78, 5) is 10.8. The van der Waals surface area contributed by atoms with Crippen LogP contribution in [0.25, 0.3) is 0 Å². The van der Waals surface area contributed by atoms with Crippen LogP contribution in [-0.4, -0.2) is 25.3 Å². The van der Waals surface area contributed by atoms with Crippen molar-refractivity contribution in [3.8, 4) is 5.75 Å². The SMILES string of the molecule is Cc1cc(Cl)cc(OCC2CNC(=O)O2)c1Cl. The molecule has 6 heteroatoms. The van der Waals surface area contributed by atoms with Crippen molar-refractivity contribution in [1.29, 1.82) is 0 Å². The Kier molecular flexibility index (Phi) is 3.64. The first-order valence-corrected chi connectivity index (χ1v) is 5.85. The van der Waals surface area contributed by atoms with E-state index in [1.807, 2.05) is 6.92 Å². The third-order valence-electron chi connectivity index (χ3n) is 2.36. The van der Waals surface area contributed by atoms with E-state index in [-0.39, 0.29) is 12.7 Å². The highest BCUT2D eigenvalue weighted by Gasteiger charge is 2.23. The smallest absolute Gasteiger partial charge is 0.407 e. The highest BCUT2D eigenvalue weighted by atomic mass is 35.5. The molecule has 1 atom stereocenters. The molecule has 1 heterocycles.